The predicted octanol–water partition coefficient (Wildman–Crippen LogP) is 2.78. The Morgan fingerprint density at radius 2 is 1.97 bits per heavy atom. The predicted molar refractivity (Wildman–Crippen MR) is 123 cm³/mol. The first-order chi connectivity index (χ1) is 15.7. The van der Waals surface area contributed by atoms with E-state index in [0.29, 0.717) is 42.3 Å². The van der Waals surface area contributed by atoms with Gasteiger partial charge in [0.05, 0.1) is 42.3 Å². The number of benzene rings is 1. The van der Waals surface area contributed by atoms with Gasteiger partial charge in [-0.1, -0.05) is 29.5 Å². The molecule has 0 fully saturated rings. The van der Waals surface area contributed by atoms with E-state index in [1.165, 1.54) is 11.1 Å². The van der Waals surface area contributed by atoms with E-state index in [4.69, 9.17) is 4.74 Å². The number of nitrogens with one attached hydrogen (secondary N) is 1. The lowest BCUT2D eigenvalue weighted by Gasteiger charge is -2.16. The molecule has 8 nitrogen and oxygen atoms in total. The Kier molecular flexibility index (Phi) is 5.45. The molecule has 0 saturated carbocycles. The lowest BCUT2D eigenvalue weighted by Crippen LogP contribution is -2.21. The molecule has 5 rings (SSSR count). The molecule has 4 aromatic rings. The second-order valence-corrected chi connectivity index (χ2v) is 8.20. The van der Waals surface area contributed by atoms with Crippen molar-refractivity contribution >= 4 is 16.7 Å². The lowest BCUT2D eigenvalue weighted by molar-refractivity contribution is 0.177. The van der Waals surface area contributed by atoms with Gasteiger partial charge in [-0.05, 0) is 37.0 Å². The quantitative estimate of drug-likeness (QED) is 0.485. The van der Waals surface area contributed by atoms with Crippen molar-refractivity contribution in [3.05, 3.63) is 81.5 Å². The monoisotopic (exact) mass is 430 g/mol. The van der Waals surface area contributed by atoms with Crippen LogP contribution in [-0.2, 0) is 37.3 Å². The molecule has 3 heterocycles. The van der Waals surface area contributed by atoms with Crippen molar-refractivity contribution in [2.24, 2.45) is 0 Å². The third-order valence-electron chi connectivity index (χ3n) is 6.06. The molecule has 0 radical (unpaired) electrons. The highest BCUT2D eigenvalue weighted by Crippen LogP contribution is 2.25. The van der Waals surface area contributed by atoms with Crippen molar-refractivity contribution in [3.8, 4) is 0 Å². The van der Waals surface area contributed by atoms with E-state index in [-0.39, 0.29) is 5.43 Å². The standard InChI is InChI=1S/C24H26N6O2/c1-3-29-13-18(14-30-21(15-32-2)12-26-28-30)23(31)22-10-20(11-25-24(22)29)27-19-8-16-6-4-5-7-17(16)9-19/h4-7,10-13,19,27H,3,8-9,14-15H2,1-2H3. The van der Waals surface area contributed by atoms with Crippen LogP contribution in [0.2, 0.25) is 0 Å². The minimum atomic E-state index is -0.0329. The molecule has 0 aliphatic heterocycles. The van der Waals surface area contributed by atoms with E-state index < -0.39 is 0 Å². The van der Waals surface area contributed by atoms with Crippen LogP contribution in [0.25, 0.3) is 11.0 Å². The van der Waals surface area contributed by atoms with E-state index in [9.17, 15) is 4.79 Å². The van der Waals surface area contributed by atoms with Gasteiger partial charge in [-0.25, -0.2) is 9.67 Å². The van der Waals surface area contributed by atoms with Gasteiger partial charge >= 0.3 is 0 Å². The van der Waals surface area contributed by atoms with Gasteiger partial charge in [0, 0.05) is 31.5 Å². The zero-order chi connectivity index (χ0) is 22.1. The smallest absolute Gasteiger partial charge is 0.196 e. The van der Waals surface area contributed by atoms with Crippen LogP contribution in [0.15, 0.2) is 53.7 Å². The molecule has 0 atom stereocenters. The molecule has 164 valence electrons. The molecule has 1 N–H and O–H groups in total. The average Bonchev–Trinajstić information content (AvgIpc) is 3.42. The number of nitrogens with zero attached hydrogens (tertiary/aromatic N) is 5. The normalized spacial score (nSPS) is 13.6. The number of aromatic nitrogens is 5. The summed E-state index contributed by atoms with van der Waals surface area (Å²) in [6, 6.07) is 10.8. The van der Waals surface area contributed by atoms with E-state index in [1.807, 2.05) is 30.0 Å². The molecule has 0 bridgehead atoms. The zero-order valence-electron chi connectivity index (χ0n) is 18.3. The summed E-state index contributed by atoms with van der Waals surface area (Å²) in [7, 11) is 1.63. The first kappa shape index (κ1) is 20.4. The minimum absolute atomic E-state index is 0.0329. The number of aryl methyl sites for hydroxylation is 1. The molecule has 3 aromatic heterocycles. The number of hydrogen-bond acceptors (Lipinski definition) is 6. The first-order valence-corrected chi connectivity index (χ1v) is 10.9. The Morgan fingerprint density at radius 1 is 1.19 bits per heavy atom. The number of rotatable bonds is 7. The van der Waals surface area contributed by atoms with Gasteiger partial charge < -0.3 is 14.6 Å². The Hall–Kier alpha value is -3.52. The van der Waals surface area contributed by atoms with E-state index in [0.717, 1.165) is 24.2 Å². The Balaban J connectivity index is 1.47. The van der Waals surface area contributed by atoms with Gasteiger partial charge in [0.2, 0.25) is 0 Å². The molecular weight excluding hydrogens is 404 g/mol. The van der Waals surface area contributed by atoms with Crippen LogP contribution in [0.1, 0.15) is 29.3 Å². The fourth-order valence-corrected chi connectivity index (χ4v) is 4.50. The summed E-state index contributed by atoms with van der Waals surface area (Å²) in [6.45, 7) is 3.48. The number of hydrogen-bond donors (Lipinski definition) is 1. The summed E-state index contributed by atoms with van der Waals surface area (Å²) >= 11 is 0. The summed E-state index contributed by atoms with van der Waals surface area (Å²) in [4.78, 5) is 18.0. The van der Waals surface area contributed by atoms with Gasteiger partial charge in [-0.2, -0.15) is 0 Å². The van der Waals surface area contributed by atoms with Crippen LogP contribution < -0.4 is 10.7 Å². The van der Waals surface area contributed by atoms with Crippen molar-refractivity contribution < 1.29 is 4.74 Å². The number of pyridine rings is 2. The molecule has 0 saturated heterocycles. The highest BCUT2D eigenvalue weighted by molar-refractivity contribution is 5.79. The number of methoxy groups -OCH3 is 1. The van der Waals surface area contributed by atoms with Crippen LogP contribution >= 0.6 is 0 Å². The molecule has 8 heteroatoms. The van der Waals surface area contributed by atoms with Crippen molar-refractivity contribution in [1.29, 1.82) is 0 Å². The fraction of sp³-hybridized carbons (Fsp3) is 0.333. The highest BCUT2D eigenvalue weighted by atomic mass is 16.5. The van der Waals surface area contributed by atoms with Crippen molar-refractivity contribution in [3.63, 3.8) is 0 Å². The van der Waals surface area contributed by atoms with Gasteiger partial charge in [0.1, 0.15) is 5.65 Å². The maximum Gasteiger partial charge on any atom is 0.196 e. The summed E-state index contributed by atoms with van der Waals surface area (Å²) < 4.78 is 8.92. The Bertz CT molecular complexity index is 1300. The second kappa shape index (κ2) is 8.55. The molecular formula is C24H26N6O2. The van der Waals surface area contributed by atoms with E-state index in [2.05, 4.69) is 44.9 Å². The van der Waals surface area contributed by atoms with Crippen LogP contribution in [0.5, 0.6) is 0 Å². The first-order valence-electron chi connectivity index (χ1n) is 10.9. The van der Waals surface area contributed by atoms with Crippen LogP contribution in [0.3, 0.4) is 0 Å². The molecule has 1 aliphatic carbocycles. The molecule has 0 spiro atoms. The molecule has 0 unspecified atom stereocenters. The van der Waals surface area contributed by atoms with Gasteiger partial charge in [-0.3, -0.25) is 4.79 Å². The van der Waals surface area contributed by atoms with E-state index in [1.54, 1.807) is 18.0 Å². The number of fused-ring (bicyclic) bond motifs is 2. The maximum absolute atomic E-state index is 13.4. The minimum Gasteiger partial charge on any atom is -0.380 e. The van der Waals surface area contributed by atoms with Crippen molar-refractivity contribution in [2.45, 2.75) is 45.5 Å². The van der Waals surface area contributed by atoms with Crippen LogP contribution in [-0.4, -0.2) is 37.7 Å². The van der Waals surface area contributed by atoms with Crippen LogP contribution in [0.4, 0.5) is 5.69 Å². The highest BCUT2D eigenvalue weighted by Gasteiger charge is 2.21. The summed E-state index contributed by atoms with van der Waals surface area (Å²) in [5, 5.41) is 12.3. The third-order valence-corrected chi connectivity index (χ3v) is 6.06. The molecule has 1 aliphatic rings. The second-order valence-electron chi connectivity index (χ2n) is 8.20. The maximum atomic E-state index is 13.4. The van der Waals surface area contributed by atoms with Gasteiger partial charge in [0.25, 0.3) is 0 Å². The summed E-state index contributed by atoms with van der Waals surface area (Å²) in [5.74, 6) is 0. The van der Waals surface area contributed by atoms with Crippen molar-refractivity contribution in [2.75, 3.05) is 12.4 Å². The SMILES string of the molecule is CCn1cc(Cn2nncc2COC)c(=O)c2cc(NC3Cc4ccccc4C3)cnc21. The van der Waals surface area contributed by atoms with Crippen LogP contribution in [0, 0.1) is 0 Å². The van der Waals surface area contributed by atoms with Gasteiger partial charge in [0.15, 0.2) is 5.43 Å². The number of ether oxygens (including phenoxy) is 1. The number of anilines is 1. The summed E-state index contributed by atoms with van der Waals surface area (Å²) in [5.41, 5.74) is 5.77. The topological polar surface area (TPSA) is 86.9 Å². The summed E-state index contributed by atoms with van der Waals surface area (Å²) in [6.07, 6.45) is 7.30. The largest absolute Gasteiger partial charge is 0.380 e. The van der Waals surface area contributed by atoms with Gasteiger partial charge in [-0.15, -0.1) is 5.10 Å². The molecule has 1 aromatic carbocycles. The Morgan fingerprint density at radius 3 is 2.69 bits per heavy atom. The lowest BCUT2D eigenvalue weighted by atomic mass is 10.1. The Labute approximate surface area is 185 Å². The fourth-order valence-electron chi connectivity index (χ4n) is 4.50. The molecule has 0 amide bonds. The van der Waals surface area contributed by atoms with E-state index >= 15 is 0 Å². The third kappa shape index (κ3) is 3.78. The zero-order valence-corrected chi connectivity index (χ0v) is 18.3. The van der Waals surface area contributed by atoms with Crippen molar-refractivity contribution in [1.82, 2.24) is 24.5 Å². The molecule has 32 heavy (non-hydrogen) atoms. The average molecular weight is 431 g/mol.